The van der Waals surface area contributed by atoms with E-state index in [4.69, 9.17) is 34.8 Å². The molecule has 0 unspecified atom stereocenters. The average Bonchev–Trinajstić information content (AvgIpc) is 2.48. The number of hydrogen-bond donors (Lipinski definition) is 1. The van der Waals surface area contributed by atoms with Crippen molar-refractivity contribution in [2.45, 2.75) is 5.88 Å². The van der Waals surface area contributed by atoms with E-state index in [0.29, 0.717) is 31.6 Å². The van der Waals surface area contributed by atoms with Gasteiger partial charge in [-0.2, -0.15) is 0 Å². The van der Waals surface area contributed by atoms with Gasteiger partial charge in [-0.3, -0.25) is 4.79 Å². The van der Waals surface area contributed by atoms with Crippen molar-refractivity contribution >= 4 is 62.3 Å². The molecular weight excluding hydrogens is 384 g/mol. The molecule has 2 aromatic carbocycles. The monoisotopic (exact) mass is 391 g/mol. The maximum atomic E-state index is 12.1. The van der Waals surface area contributed by atoms with Gasteiger partial charge in [0, 0.05) is 15.9 Å². The van der Waals surface area contributed by atoms with Crippen molar-refractivity contribution in [1.82, 2.24) is 0 Å². The first-order chi connectivity index (χ1) is 9.52. The molecule has 0 saturated heterocycles. The summed E-state index contributed by atoms with van der Waals surface area (Å²) >= 11 is 21.1. The Bertz CT molecular complexity index is 644. The molecule has 0 aliphatic rings. The van der Waals surface area contributed by atoms with E-state index in [1.54, 1.807) is 36.4 Å². The summed E-state index contributed by atoms with van der Waals surface area (Å²) in [6.45, 7) is 0. The van der Waals surface area contributed by atoms with Crippen molar-refractivity contribution < 1.29 is 4.79 Å². The highest BCUT2D eigenvalue weighted by Gasteiger charge is 2.12. The summed E-state index contributed by atoms with van der Waals surface area (Å²) in [7, 11) is 0. The molecule has 1 amide bonds. The summed E-state index contributed by atoms with van der Waals surface area (Å²) in [5.74, 6) is 0.155. The number of amides is 1. The third kappa shape index (κ3) is 3.47. The molecule has 104 valence electrons. The average molecular weight is 393 g/mol. The van der Waals surface area contributed by atoms with Crippen molar-refractivity contribution in [1.29, 1.82) is 0 Å². The Balaban J connectivity index is 2.21. The summed E-state index contributed by atoms with van der Waals surface area (Å²) in [5, 5.41) is 3.38. The lowest BCUT2D eigenvalue weighted by Gasteiger charge is -2.09. The minimum atomic E-state index is -0.258. The van der Waals surface area contributed by atoms with Crippen LogP contribution in [-0.4, -0.2) is 5.91 Å². The number of anilines is 1. The van der Waals surface area contributed by atoms with E-state index in [9.17, 15) is 4.79 Å². The fraction of sp³-hybridized carbons (Fsp3) is 0.0714. The van der Waals surface area contributed by atoms with Crippen LogP contribution >= 0.6 is 50.7 Å². The van der Waals surface area contributed by atoms with Crippen LogP contribution in [0.25, 0.3) is 0 Å². The van der Waals surface area contributed by atoms with Crippen LogP contribution in [0.15, 0.2) is 40.9 Å². The highest BCUT2D eigenvalue weighted by atomic mass is 79.9. The number of nitrogens with one attached hydrogen (secondary N) is 1. The Morgan fingerprint density at radius 3 is 2.30 bits per heavy atom. The van der Waals surface area contributed by atoms with Crippen molar-refractivity contribution in [3.8, 4) is 0 Å². The maximum Gasteiger partial charge on any atom is 0.255 e. The summed E-state index contributed by atoms with van der Waals surface area (Å²) in [4.78, 5) is 12.1. The van der Waals surface area contributed by atoms with Crippen LogP contribution in [0.5, 0.6) is 0 Å². The minimum absolute atomic E-state index is 0.258. The molecule has 1 N–H and O–H groups in total. The second-order valence-corrected chi connectivity index (χ2v) is 5.89. The smallest absolute Gasteiger partial charge is 0.255 e. The van der Waals surface area contributed by atoms with Crippen LogP contribution in [0.3, 0.4) is 0 Å². The molecule has 0 spiro atoms. The lowest BCUT2D eigenvalue weighted by Crippen LogP contribution is -2.12. The molecule has 0 fully saturated rings. The van der Waals surface area contributed by atoms with E-state index < -0.39 is 0 Å². The molecule has 6 heteroatoms. The fourth-order valence-corrected chi connectivity index (χ4v) is 2.56. The van der Waals surface area contributed by atoms with Crippen LogP contribution < -0.4 is 5.32 Å². The van der Waals surface area contributed by atoms with E-state index in [0.717, 1.165) is 5.56 Å². The van der Waals surface area contributed by atoms with E-state index in [2.05, 4.69) is 21.2 Å². The zero-order chi connectivity index (χ0) is 14.7. The molecule has 20 heavy (non-hydrogen) atoms. The number of hydrogen-bond acceptors (Lipinski definition) is 1. The molecule has 0 heterocycles. The van der Waals surface area contributed by atoms with Crippen LogP contribution in [-0.2, 0) is 5.88 Å². The summed E-state index contributed by atoms with van der Waals surface area (Å²) in [6, 6.07) is 10.4. The van der Waals surface area contributed by atoms with E-state index in [1.807, 2.05) is 0 Å². The van der Waals surface area contributed by atoms with Gasteiger partial charge in [0.05, 0.1) is 15.7 Å². The molecular formula is C14H9BrCl3NO. The molecule has 0 radical (unpaired) electrons. The van der Waals surface area contributed by atoms with Crippen LogP contribution in [0, 0.1) is 0 Å². The molecule has 2 rings (SSSR count). The van der Waals surface area contributed by atoms with Crippen molar-refractivity contribution in [3.63, 3.8) is 0 Å². The second kappa shape index (κ2) is 6.81. The van der Waals surface area contributed by atoms with Crippen LogP contribution in [0.1, 0.15) is 15.9 Å². The van der Waals surface area contributed by atoms with Gasteiger partial charge < -0.3 is 5.32 Å². The predicted molar refractivity (Wildman–Crippen MR) is 88.1 cm³/mol. The standard InChI is InChI=1S/C14H9BrCl3NO/c15-10-5-6-11(13(18)12(10)17)19-14(20)9-3-1-8(7-16)2-4-9/h1-6H,7H2,(H,19,20). The fourth-order valence-electron chi connectivity index (χ4n) is 1.56. The second-order valence-electron chi connectivity index (χ2n) is 4.01. The van der Waals surface area contributed by atoms with E-state index in [-0.39, 0.29) is 5.91 Å². The normalized spacial score (nSPS) is 10.4. The Hall–Kier alpha value is -0.740. The van der Waals surface area contributed by atoms with E-state index in [1.165, 1.54) is 0 Å². The van der Waals surface area contributed by atoms with Crippen molar-refractivity contribution in [3.05, 3.63) is 62.0 Å². The number of carbonyl (C=O) groups excluding carboxylic acids is 1. The van der Waals surface area contributed by atoms with Gasteiger partial charge in [-0.05, 0) is 45.8 Å². The number of alkyl halides is 1. The van der Waals surface area contributed by atoms with Gasteiger partial charge in [0.15, 0.2) is 0 Å². The van der Waals surface area contributed by atoms with E-state index >= 15 is 0 Å². The summed E-state index contributed by atoms with van der Waals surface area (Å²) in [6.07, 6.45) is 0. The first-order valence-electron chi connectivity index (χ1n) is 5.62. The summed E-state index contributed by atoms with van der Waals surface area (Å²) in [5.41, 5.74) is 1.94. The SMILES string of the molecule is O=C(Nc1ccc(Br)c(Cl)c1Cl)c1ccc(CCl)cc1. The van der Waals surface area contributed by atoms with Gasteiger partial charge in [0.1, 0.15) is 0 Å². The first-order valence-corrected chi connectivity index (χ1v) is 7.71. The summed E-state index contributed by atoms with van der Waals surface area (Å²) < 4.78 is 0.675. The molecule has 0 aromatic heterocycles. The molecule has 2 nitrogen and oxygen atoms in total. The quantitative estimate of drug-likeness (QED) is 0.522. The Kier molecular flexibility index (Phi) is 5.33. The van der Waals surface area contributed by atoms with Gasteiger partial charge in [0.25, 0.3) is 5.91 Å². The molecule has 0 bridgehead atoms. The zero-order valence-corrected chi connectivity index (χ0v) is 13.9. The third-order valence-electron chi connectivity index (χ3n) is 2.65. The largest absolute Gasteiger partial charge is 0.321 e. The Labute approximate surface area is 140 Å². The number of rotatable bonds is 3. The van der Waals surface area contributed by atoms with Crippen LogP contribution in [0.2, 0.25) is 10.0 Å². The van der Waals surface area contributed by atoms with Gasteiger partial charge >= 0.3 is 0 Å². The van der Waals surface area contributed by atoms with Gasteiger partial charge in [0.2, 0.25) is 0 Å². The first kappa shape index (κ1) is 15.6. The maximum absolute atomic E-state index is 12.1. The zero-order valence-electron chi connectivity index (χ0n) is 10.1. The molecule has 0 saturated carbocycles. The van der Waals surface area contributed by atoms with Crippen molar-refractivity contribution in [2.24, 2.45) is 0 Å². The predicted octanol–water partition coefficient (Wildman–Crippen LogP) is 5.75. The third-order valence-corrected chi connectivity index (χ3v) is 4.73. The van der Waals surface area contributed by atoms with Gasteiger partial charge in [-0.15, -0.1) is 11.6 Å². The number of benzene rings is 2. The Morgan fingerprint density at radius 2 is 1.70 bits per heavy atom. The van der Waals surface area contributed by atoms with Crippen LogP contribution in [0.4, 0.5) is 5.69 Å². The Morgan fingerprint density at radius 1 is 1.05 bits per heavy atom. The lowest BCUT2D eigenvalue weighted by molar-refractivity contribution is 0.102. The lowest BCUT2D eigenvalue weighted by atomic mass is 10.1. The highest BCUT2D eigenvalue weighted by molar-refractivity contribution is 9.10. The molecule has 0 atom stereocenters. The van der Waals surface area contributed by atoms with Gasteiger partial charge in [-0.25, -0.2) is 0 Å². The molecule has 0 aliphatic carbocycles. The minimum Gasteiger partial charge on any atom is -0.321 e. The van der Waals surface area contributed by atoms with Gasteiger partial charge in [-0.1, -0.05) is 35.3 Å². The topological polar surface area (TPSA) is 29.1 Å². The highest BCUT2D eigenvalue weighted by Crippen LogP contribution is 2.35. The molecule has 2 aromatic rings. The number of carbonyl (C=O) groups is 1. The van der Waals surface area contributed by atoms with Crippen molar-refractivity contribution in [2.75, 3.05) is 5.32 Å². The number of halogens is 4. The molecule has 0 aliphatic heterocycles.